The number of anilines is 1. The van der Waals surface area contributed by atoms with Gasteiger partial charge in [0.2, 0.25) is 5.91 Å². The molecule has 41 heavy (non-hydrogen) atoms. The van der Waals surface area contributed by atoms with Crippen LogP contribution in [0.4, 0.5) is 10.5 Å². The Balaban J connectivity index is 1.51. The topological polar surface area (TPSA) is 80.3 Å². The van der Waals surface area contributed by atoms with Gasteiger partial charge < -0.3 is 29.3 Å². The van der Waals surface area contributed by atoms with Crippen LogP contribution in [0.5, 0.6) is 11.5 Å². The van der Waals surface area contributed by atoms with E-state index in [1.807, 2.05) is 47.4 Å². The summed E-state index contributed by atoms with van der Waals surface area (Å²) in [6.07, 6.45) is 3.27. The van der Waals surface area contributed by atoms with Gasteiger partial charge in [-0.3, -0.25) is 4.79 Å². The van der Waals surface area contributed by atoms with Gasteiger partial charge in [0.15, 0.2) is 11.5 Å². The van der Waals surface area contributed by atoms with Crippen molar-refractivity contribution in [2.45, 2.75) is 52.2 Å². The van der Waals surface area contributed by atoms with E-state index in [2.05, 4.69) is 31.3 Å². The molecule has 1 aliphatic heterocycles. The molecule has 220 valence electrons. The number of hydrogen-bond acceptors (Lipinski definition) is 6. The highest BCUT2D eigenvalue weighted by atomic mass is 32.1. The molecule has 0 spiro atoms. The van der Waals surface area contributed by atoms with Crippen molar-refractivity contribution < 1.29 is 23.8 Å². The number of benzene rings is 2. The maximum Gasteiger partial charge on any atom is 0.322 e. The minimum atomic E-state index is -0.297. The molecular formula is C32H41N3O5S. The second kappa shape index (κ2) is 14.9. The summed E-state index contributed by atoms with van der Waals surface area (Å²) in [4.78, 5) is 33.1. The smallest absolute Gasteiger partial charge is 0.322 e. The van der Waals surface area contributed by atoms with Crippen LogP contribution >= 0.6 is 11.3 Å². The summed E-state index contributed by atoms with van der Waals surface area (Å²) in [5, 5.41) is 3.01. The average Bonchev–Trinajstić information content (AvgIpc) is 3.66. The van der Waals surface area contributed by atoms with Crippen LogP contribution in [0.1, 0.15) is 40.6 Å². The minimum Gasteiger partial charge on any atom is -0.493 e. The second-order valence-corrected chi connectivity index (χ2v) is 11.6. The van der Waals surface area contributed by atoms with Gasteiger partial charge in [-0.1, -0.05) is 25.1 Å². The van der Waals surface area contributed by atoms with Crippen molar-refractivity contribution in [1.82, 2.24) is 9.80 Å². The van der Waals surface area contributed by atoms with Crippen LogP contribution in [-0.4, -0.2) is 68.3 Å². The molecule has 1 aromatic heterocycles. The van der Waals surface area contributed by atoms with Gasteiger partial charge in [-0.25, -0.2) is 4.79 Å². The number of hydrogen-bond donors (Lipinski definition) is 1. The van der Waals surface area contributed by atoms with Gasteiger partial charge in [0.05, 0.1) is 26.9 Å². The molecule has 0 aliphatic carbocycles. The summed E-state index contributed by atoms with van der Waals surface area (Å²) in [5.74, 6) is 1.22. The van der Waals surface area contributed by atoms with Crippen molar-refractivity contribution in [3.8, 4) is 11.5 Å². The zero-order valence-electron chi connectivity index (χ0n) is 24.5. The first-order chi connectivity index (χ1) is 19.9. The fourth-order valence-electron chi connectivity index (χ4n) is 4.94. The summed E-state index contributed by atoms with van der Waals surface area (Å²) in [5.41, 5.74) is 2.89. The number of nitrogens with one attached hydrogen (secondary N) is 1. The van der Waals surface area contributed by atoms with E-state index >= 15 is 0 Å². The number of amides is 3. The third kappa shape index (κ3) is 8.71. The normalized spacial score (nSPS) is 14.5. The molecule has 9 heteroatoms. The number of rotatable bonds is 13. The van der Waals surface area contributed by atoms with Crippen LogP contribution in [0.2, 0.25) is 0 Å². The first-order valence-electron chi connectivity index (χ1n) is 14.2. The average molecular weight is 580 g/mol. The number of ether oxygens (including phenoxy) is 3. The van der Waals surface area contributed by atoms with Crippen molar-refractivity contribution in [2.75, 3.05) is 45.8 Å². The van der Waals surface area contributed by atoms with Crippen molar-refractivity contribution in [3.63, 3.8) is 0 Å². The Hall–Kier alpha value is -3.56. The van der Waals surface area contributed by atoms with Crippen molar-refractivity contribution in [1.29, 1.82) is 0 Å². The van der Waals surface area contributed by atoms with Gasteiger partial charge in [0, 0.05) is 35.1 Å². The molecular weight excluding hydrogens is 538 g/mol. The molecule has 0 saturated carbocycles. The number of aryl methyl sites for hydroxylation is 2. The molecule has 1 saturated heterocycles. The maximum atomic E-state index is 13.9. The molecule has 1 N–H and O–H groups in total. The molecule has 4 rings (SSSR count). The molecule has 2 heterocycles. The number of thiophene rings is 1. The second-order valence-electron chi connectivity index (χ2n) is 10.3. The van der Waals surface area contributed by atoms with Crippen LogP contribution in [0.3, 0.4) is 0 Å². The number of carbonyl (C=O) groups is 2. The van der Waals surface area contributed by atoms with E-state index in [0.717, 1.165) is 41.0 Å². The van der Waals surface area contributed by atoms with E-state index in [1.54, 1.807) is 30.5 Å². The fraction of sp³-hybridized carbons (Fsp3) is 0.438. The molecule has 1 fully saturated rings. The van der Waals surface area contributed by atoms with Crippen LogP contribution in [0.15, 0.2) is 54.6 Å². The molecule has 1 unspecified atom stereocenters. The van der Waals surface area contributed by atoms with E-state index in [-0.39, 0.29) is 24.6 Å². The molecule has 3 aromatic rings. The molecule has 8 nitrogen and oxygen atoms in total. The lowest BCUT2D eigenvalue weighted by molar-refractivity contribution is -0.132. The molecule has 0 radical (unpaired) electrons. The van der Waals surface area contributed by atoms with Gasteiger partial charge >= 0.3 is 6.03 Å². The number of carbonyl (C=O) groups excluding carboxylic acids is 2. The highest BCUT2D eigenvalue weighted by molar-refractivity contribution is 7.11. The first kappa shape index (κ1) is 30.4. The van der Waals surface area contributed by atoms with Gasteiger partial charge in [-0.2, -0.15) is 0 Å². The van der Waals surface area contributed by atoms with Crippen LogP contribution < -0.4 is 14.8 Å². The lowest BCUT2D eigenvalue weighted by Crippen LogP contribution is -2.47. The molecule has 1 aliphatic rings. The zero-order chi connectivity index (χ0) is 29.2. The van der Waals surface area contributed by atoms with E-state index in [1.165, 1.54) is 4.88 Å². The van der Waals surface area contributed by atoms with Crippen molar-refractivity contribution in [2.24, 2.45) is 0 Å². The SMILES string of the molecule is CCc1cccc(NC(=O)N(CC(=O)N(CCc2ccc(OC)c(OC)c2)Cc2ccc(C)s2)CC2CCCO2)c1. The molecule has 3 amide bonds. The van der Waals surface area contributed by atoms with Crippen molar-refractivity contribution >= 4 is 29.0 Å². The Morgan fingerprint density at radius 2 is 1.85 bits per heavy atom. The number of nitrogens with zero attached hydrogens (tertiary/aromatic N) is 2. The van der Waals surface area contributed by atoms with E-state index in [9.17, 15) is 9.59 Å². The Kier molecular flexibility index (Phi) is 11.0. The lowest BCUT2D eigenvalue weighted by atomic mass is 10.1. The van der Waals surface area contributed by atoms with E-state index in [0.29, 0.717) is 44.2 Å². The van der Waals surface area contributed by atoms with Gasteiger partial charge in [-0.05, 0) is 80.1 Å². The predicted molar refractivity (Wildman–Crippen MR) is 163 cm³/mol. The van der Waals surface area contributed by atoms with Crippen LogP contribution in [0.25, 0.3) is 0 Å². The monoisotopic (exact) mass is 579 g/mol. The van der Waals surface area contributed by atoms with E-state index in [4.69, 9.17) is 14.2 Å². The zero-order valence-corrected chi connectivity index (χ0v) is 25.3. The van der Waals surface area contributed by atoms with Gasteiger partial charge in [0.25, 0.3) is 0 Å². The molecule has 0 bridgehead atoms. The van der Waals surface area contributed by atoms with E-state index < -0.39 is 0 Å². The summed E-state index contributed by atoms with van der Waals surface area (Å²) in [6, 6.07) is 17.5. The maximum absolute atomic E-state index is 13.9. The third-order valence-corrected chi connectivity index (χ3v) is 8.25. The standard InChI is InChI=1S/C32H41N3O5S/c1-5-24-8-6-9-26(18-24)33-32(37)35(20-27-10-7-17-40-27)22-31(36)34(21-28-13-11-23(2)41-28)16-15-25-12-14-29(38-3)30(19-25)39-4/h6,8-9,11-14,18-19,27H,5,7,10,15-17,20-22H2,1-4H3,(H,33,37). The van der Waals surface area contributed by atoms with Gasteiger partial charge in [-0.15, -0.1) is 11.3 Å². The first-order valence-corrected chi connectivity index (χ1v) is 15.0. The number of urea groups is 1. The fourth-order valence-corrected chi connectivity index (χ4v) is 5.84. The Morgan fingerprint density at radius 1 is 1.02 bits per heavy atom. The number of methoxy groups -OCH3 is 2. The van der Waals surface area contributed by atoms with Gasteiger partial charge in [0.1, 0.15) is 6.54 Å². The molecule has 2 aromatic carbocycles. The minimum absolute atomic E-state index is 0.0323. The Bertz CT molecular complexity index is 1300. The predicted octanol–water partition coefficient (Wildman–Crippen LogP) is 5.92. The van der Waals surface area contributed by atoms with Crippen molar-refractivity contribution in [3.05, 3.63) is 75.5 Å². The lowest BCUT2D eigenvalue weighted by Gasteiger charge is -2.29. The largest absolute Gasteiger partial charge is 0.493 e. The highest BCUT2D eigenvalue weighted by Gasteiger charge is 2.27. The van der Waals surface area contributed by atoms with Crippen LogP contribution in [0, 0.1) is 6.92 Å². The van der Waals surface area contributed by atoms with Crippen LogP contribution in [-0.2, 0) is 28.9 Å². The summed E-state index contributed by atoms with van der Waals surface area (Å²) < 4.78 is 16.7. The quantitative estimate of drug-likeness (QED) is 0.272. The highest BCUT2D eigenvalue weighted by Crippen LogP contribution is 2.28. The summed E-state index contributed by atoms with van der Waals surface area (Å²) >= 11 is 1.68. The third-order valence-electron chi connectivity index (χ3n) is 7.26. The summed E-state index contributed by atoms with van der Waals surface area (Å²) in [6.45, 7) is 6.14. The molecule has 1 atom stereocenters. The Labute approximate surface area is 247 Å². The Morgan fingerprint density at radius 3 is 2.54 bits per heavy atom. The summed E-state index contributed by atoms with van der Waals surface area (Å²) in [7, 11) is 3.22.